The van der Waals surface area contributed by atoms with E-state index in [2.05, 4.69) is 15.5 Å². The first kappa shape index (κ1) is 20.9. The third-order valence-corrected chi connectivity index (χ3v) is 6.17. The molecule has 1 heterocycles. The molecule has 1 N–H and O–H groups in total. The van der Waals surface area contributed by atoms with Crippen LogP contribution in [0.2, 0.25) is 0 Å². The van der Waals surface area contributed by atoms with Crippen LogP contribution < -0.4 is 14.2 Å². The molecule has 152 valence electrons. The quantitative estimate of drug-likeness (QED) is 0.426. The van der Waals surface area contributed by atoms with E-state index in [-0.39, 0.29) is 21.8 Å². The molecule has 1 aliphatic rings. The number of nitrogens with one attached hydrogen (secondary N) is 1. The number of methoxy groups -OCH3 is 1. The summed E-state index contributed by atoms with van der Waals surface area (Å²) in [6.45, 7) is 3.63. The lowest BCUT2D eigenvalue weighted by atomic mass is 10.1. The van der Waals surface area contributed by atoms with Gasteiger partial charge in [-0.1, -0.05) is 23.4 Å². The Hall–Kier alpha value is -2.85. The summed E-state index contributed by atoms with van der Waals surface area (Å²) in [5, 5.41) is 10.7. The zero-order chi connectivity index (χ0) is 21.0. The molecule has 2 aromatic carbocycles. The molecule has 0 aliphatic carbocycles. The lowest BCUT2D eigenvalue weighted by molar-refractivity contribution is -0.118. The number of nitrogens with zero attached hydrogens (tertiary/aromatic N) is 2. The predicted molar refractivity (Wildman–Crippen MR) is 112 cm³/mol. The van der Waals surface area contributed by atoms with Crippen LogP contribution in [0.25, 0.3) is 0 Å². The summed E-state index contributed by atoms with van der Waals surface area (Å²) in [4.78, 5) is 11.5. The van der Waals surface area contributed by atoms with Crippen molar-refractivity contribution in [2.75, 3.05) is 7.11 Å². The van der Waals surface area contributed by atoms with Gasteiger partial charge in [-0.15, -0.1) is 5.10 Å². The zero-order valence-electron chi connectivity index (χ0n) is 15.9. The highest BCUT2D eigenvalue weighted by molar-refractivity contribution is 8.15. The number of carbonyl (C=O) groups excluding carboxylic acids is 1. The fourth-order valence-electron chi connectivity index (χ4n) is 2.40. The lowest BCUT2D eigenvalue weighted by Crippen LogP contribution is -2.23. The number of thioether (sulfide) groups is 1. The lowest BCUT2D eigenvalue weighted by Gasteiger charge is -2.10. The van der Waals surface area contributed by atoms with E-state index in [1.807, 2.05) is 6.92 Å². The van der Waals surface area contributed by atoms with E-state index in [1.165, 1.54) is 37.2 Å². The smallest absolute Gasteiger partial charge is 0.339 e. The molecule has 1 fully saturated rings. The minimum atomic E-state index is -4.04. The highest BCUT2D eigenvalue weighted by atomic mass is 32.2. The summed E-state index contributed by atoms with van der Waals surface area (Å²) in [5.74, 6) is 0.526. The van der Waals surface area contributed by atoms with Gasteiger partial charge in [-0.2, -0.15) is 13.5 Å². The number of hydrogen-bond acceptors (Lipinski definition) is 8. The van der Waals surface area contributed by atoms with E-state index in [9.17, 15) is 13.2 Å². The largest absolute Gasteiger partial charge is 0.497 e. The molecule has 1 amide bonds. The van der Waals surface area contributed by atoms with Gasteiger partial charge in [0.25, 0.3) is 0 Å². The zero-order valence-corrected chi connectivity index (χ0v) is 17.6. The molecule has 0 saturated carbocycles. The average molecular weight is 434 g/mol. The third-order valence-electron chi connectivity index (χ3n) is 3.95. The molecule has 1 aliphatic heterocycles. The SMILES string of the molecule is COc1ccc(S(=O)(=O)Oc2ccc(C)cc2/C=N\N=C2\NC(=O)[C@H](C)S2)cc1. The Morgan fingerprint density at radius 2 is 1.90 bits per heavy atom. The molecule has 8 nitrogen and oxygen atoms in total. The van der Waals surface area contributed by atoms with Crippen LogP contribution in [-0.2, 0) is 14.9 Å². The van der Waals surface area contributed by atoms with Gasteiger partial charge in [-0.25, -0.2) is 0 Å². The van der Waals surface area contributed by atoms with Crippen LogP contribution in [0.4, 0.5) is 0 Å². The number of aryl methyl sites for hydroxylation is 1. The Morgan fingerprint density at radius 1 is 1.17 bits per heavy atom. The average Bonchev–Trinajstić information content (AvgIpc) is 3.01. The molecule has 0 spiro atoms. The monoisotopic (exact) mass is 433 g/mol. The fourth-order valence-corrected chi connectivity index (χ4v) is 4.11. The maximum Gasteiger partial charge on any atom is 0.339 e. The van der Waals surface area contributed by atoms with Crippen LogP contribution in [0.1, 0.15) is 18.1 Å². The van der Waals surface area contributed by atoms with Crippen molar-refractivity contribution in [1.29, 1.82) is 0 Å². The normalized spacial score (nSPS) is 18.2. The molecule has 1 saturated heterocycles. The van der Waals surface area contributed by atoms with Crippen molar-refractivity contribution in [1.82, 2.24) is 5.32 Å². The fraction of sp³-hybridized carbons (Fsp3) is 0.211. The van der Waals surface area contributed by atoms with Gasteiger partial charge in [0.05, 0.1) is 18.6 Å². The summed E-state index contributed by atoms with van der Waals surface area (Å²) < 4.78 is 35.6. The van der Waals surface area contributed by atoms with Crippen LogP contribution in [-0.4, -0.2) is 38.1 Å². The number of rotatable bonds is 6. The maximum atomic E-state index is 12.6. The highest BCUT2D eigenvalue weighted by Gasteiger charge is 2.25. The van der Waals surface area contributed by atoms with Crippen molar-refractivity contribution < 1.29 is 22.1 Å². The molecular formula is C19H19N3O5S2. The Labute approximate surface area is 173 Å². The summed E-state index contributed by atoms with van der Waals surface area (Å²) in [6, 6.07) is 10.9. The van der Waals surface area contributed by atoms with Gasteiger partial charge < -0.3 is 14.2 Å². The number of amidine groups is 1. The number of hydrogen-bond donors (Lipinski definition) is 1. The van der Waals surface area contributed by atoms with Gasteiger partial charge in [-0.3, -0.25) is 4.79 Å². The van der Waals surface area contributed by atoms with Crippen LogP contribution in [0.5, 0.6) is 11.5 Å². The summed E-state index contributed by atoms with van der Waals surface area (Å²) in [6.07, 6.45) is 1.38. The summed E-state index contributed by atoms with van der Waals surface area (Å²) in [7, 11) is -2.55. The number of ether oxygens (including phenoxy) is 1. The van der Waals surface area contributed by atoms with Gasteiger partial charge in [-0.05, 0) is 50.2 Å². The Balaban J connectivity index is 1.83. The topological polar surface area (TPSA) is 106 Å². The minimum Gasteiger partial charge on any atom is -0.497 e. The van der Waals surface area contributed by atoms with Crippen LogP contribution in [0.3, 0.4) is 0 Å². The Kier molecular flexibility index (Phi) is 6.23. The summed E-state index contributed by atoms with van der Waals surface area (Å²) >= 11 is 1.26. The molecule has 0 unspecified atom stereocenters. The molecule has 0 bridgehead atoms. The van der Waals surface area contributed by atoms with Gasteiger partial charge in [0, 0.05) is 5.56 Å². The number of carbonyl (C=O) groups is 1. The first-order chi connectivity index (χ1) is 13.8. The molecular weight excluding hydrogens is 414 g/mol. The minimum absolute atomic E-state index is 0.000984. The van der Waals surface area contributed by atoms with E-state index >= 15 is 0 Å². The van der Waals surface area contributed by atoms with Gasteiger partial charge in [0.2, 0.25) is 5.91 Å². The first-order valence-electron chi connectivity index (χ1n) is 8.56. The summed E-state index contributed by atoms with van der Waals surface area (Å²) in [5.41, 5.74) is 1.33. The van der Waals surface area contributed by atoms with Crippen molar-refractivity contribution in [3.63, 3.8) is 0 Å². The van der Waals surface area contributed by atoms with Crippen molar-refractivity contribution in [3.8, 4) is 11.5 Å². The molecule has 1 atom stereocenters. The van der Waals surface area contributed by atoms with Crippen LogP contribution in [0, 0.1) is 6.92 Å². The second-order valence-electron chi connectivity index (χ2n) is 6.15. The van der Waals surface area contributed by atoms with Gasteiger partial charge >= 0.3 is 10.1 Å². The number of benzene rings is 2. The molecule has 2 aromatic rings. The van der Waals surface area contributed by atoms with Gasteiger partial charge in [0.1, 0.15) is 10.6 Å². The Morgan fingerprint density at radius 3 is 2.52 bits per heavy atom. The Bertz CT molecular complexity index is 1080. The van der Waals surface area contributed by atoms with Crippen LogP contribution in [0.15, 0.2) is 57.6 Å². The van der Waals surface area contributed by atoms with E-state index in [1.54, 1.807) is 37.3 Å². The standard InChI is InChI=1S/C19H19N3O5S2/c1-12-4-9-17(27-29(24,25)16-7-5-15(26-3)6-8-16)14(10-12)11-20-22-19-21-18(23)13(2)28-19/h4-11,13H,1-3H3,(H,21,22,23)/b20-11-/t13-/m0/s1. The molecule has 0 aromatic heterocycles. The highest BCUT2D eigenvalue weighted by Crippen LogP contribution is 2.25. The van der Waals surface area contributed by atoms with E-state index in [0.29, 0.717) is 16.5 Å². The van der Waals surface area contributed by atoms with E-state index in [0.717, 1.165) is 5.56 Å². The first-order valence-corrected chi connectivity index (χ1v) is 10.8. The predicted octanol–water partition coefficient (Wildman–Crippen LogP) is 2.71. The van der Waals surface area contributed by atoms with Crippen molar-refractivity contribution in [2.45, 2.75) is 24.0 Å². The second kappa shape index (κ2) is 8.66. The molecule has 29 heavy (non-hydrogen) atoms. The maximum absolute atomic E-state index is 12.6. The molecule has 10 heteroatoms. The second-order valence-corrected chi connectivity index (χ2v) is 9.03. The van der Waals surface area contributed by atoms with Gasteiger partial charge in [0.15, 0.2) is 10.9 Å². The number of amides is 1. The third kappa shape index (κ3) is 5.15. The van der Waals surface area contributed by atoms with Crippen LogP contribution >= 0.6 is 11.8 Å². The van der Waals surface area contributed by atoms with Crippen molar-refractivity contribution in [2.24, 2.45) is 10.2 Å². The molecule has 3 rings (SSSR count). The molecule has 0 radical (unpaired) electrons. The van der Waals surface area contributed by atoms with E-state index in [4.69, 9.17) is 8.92 Å². The van der Waals surface area contributed by atoms with Crippen molar-refractivity contribution >= 4 is 39.2 Å². The van der Waals surface area contributed by atoms with Crippen molar-refractivity contribution in [3.05, 3.63) is 53.6 Å². The van der Waals surface area contributed by atoms with E-state index < -0.39 is 10.1 Å².